The first-order valence-electron chi connectivity index (χ1n) is 7.98. The van der Waals surface area contributed by atoms with Gasteiger partial charge in [-0.05, 0) is 43.7 Å². The molecule has 1 atom stereocenters. The Balaban J connectivity index is 1.67. The highest BCUT2D eigenvalue weighted by Gasteiger charge is 2.31. The summed E-state index contributed by atoms with van der Waals surface area (Å²) in [5.74, 6) is 0.422. The van der Waals surface area contributed by atoms with Gasteiger partial charge in [-0.25, -0.2) is 0 Å². The number of benzene rings is 2. The molecule has 0 aromatic heterocycles. The fraction of sp³-hybridized carbons (Fsp3) is 0.263. The van der Waals surface area contributed by atoms with Gasteiger partial charge in [0.15, 0.2) is 6.10 Å². The number of ether oxygens (including phenoxy) is 1. The number of amides is 2. The summed E-state index contributed by atoms with van der Waals surface area (Å²) in [4.78, 5) is 26.2. The van der Waals surface area contributed by atoms with Crippen molar-refractivity contribution in [1.82, 2.24) is 0 Å². The lowest BCUT2D eigenvalue weighted by Crippen LogP contribution is -2.45. The third-order valence-electron chi connectivity index (χ3n) is 3.94. The minimum absolute atomic E-state index is 0.120. The SMILES string of the molecule is Cc1cccc(NC(=O)CCN2C(=O)C(C)Oc3ccccc32)c1. The molecular weight excluding hydrogens is 304 g/mol. The maximum Gasteiger partial charge on any atom is 0.267 e. The fourth-order valence-corrected chi connectivity index (χ4v) is 2.75. The quantitative estimate of drug-likeness (QED) is 0.940. The number of para-hydroxylation sites is 2. The summed E-state index contributed by atoms with van der Waals surface area (Å²) < 4.78 is 5.60. The smallest absolute Gasteiger partial charge is 0.267 e. The molecule has 0 fully saturated rings. The van der Waals surface area contributed by atoms with Gasteiger partial charge in [0.25, 0.3) is 5.91 Å². The van der Waals surface area contributed by atoms with E-state index in [-0.39, 0.29) is 18.2 Å². The first kappa shape index (κ1) is 16.1. The lowest BCUT2D eigenvalue weighted by Gasteiger charge is -2.32. The molecule has 2 aromatic rings. The van der Waals surface area contributed by atoms with Crippen LogP contribution >= 0.6 is 0 Å². The van der Waals surface area contributed by atoms with E-state index in [0.717, 1.165) is 11.3 Å². The third-order valence-corrected chi connectivity index (χ3v) is 3.94. The standard InChI is InChI=1S/C19H20N2O3/c1-13-6-5-7-15(12-13)20-18(22)10-11-21-16-8-3-4-9-17(16)24-14(2)19(21)23/h3-9,12,14H,10-11H2,1-2H3,(H,20,22). The number of hydrogen-bond acceptors (Lipinski definition) is 3. The van der Waals surface area contributed by atoms with E-state index in [9.17, 15) is 9.59 Å². The van der Waals surface area contributed by atoms with Crippen LogP contribution < -0.4 is 15.0 Å². The summed E-state index contributed by atoms with van der Waals surface area (Å²) in [7, 11) is 0. The van der Waals surface area contributed by atoms with Crippen molar-refractivity contribution in [2.45, 2.75) is 26.4 Å². The van der Waals surface area contributed by atoms with Crippen LogP contribution in [0.2, 0.25) is 0 Å². The highest BCUT2D eigenvalue weighted by Crippen LogP contribution is 2.33. The second-order valence-electron chi connectivity index (χ2n) is 5.89. The van der Waals surface area contributed by atoms with Crippen LogP contribution in [-0.2, 0) is 9.59 Å². The number of aryl methyl sites for hydroxylation is 1. The molecule has 0 saturated carbocycles. The first-order valence-corrected chi connectivity index (χ1v) is 7.98. The summed E-state index contributed by atoms with van der Waals surface area (Å²) >= 11 is 0. The molecule has 1 aliphatic heterocycles. The van der Waals surface area contributed by atoms with Crippen molar-refractivity contribution in [3.05, 3.63) is 54.1 Å². The lowest BCUT2D eigenvalue weighted by molar-refractivity contribution is -0.125. The Hall–Kier alpha value is -2.82. The Morgan fingerprint density at radius 1 is 1.21 bits per heavy atom. The van der Waals surface area contributed by atoms with Gasteiger partial charge in [-0.3, -0.25) is 9.59 Å². The van der Waals surface area contributed by atoms with Crippen LogP contribution in [0.3, 0.4) is 0 Å². The molecule has 1 unspecified atom stereocenters. The van der Waals surface area contributed by atoms with E-state index in [4.69, 9.17) is 4.74 Å². The third kappa shape index (κ3) is 3.40. The van der Waals surface area contributed by atoms with Crippen molar-refractivity contribution in [2.75, 3.05) is 16.8 Å². The number of nitrogens with one attached hydrogen (secondary N) is 1. The highest BCUT2D eigenvalue weighted by atomic mass is 16.5. The number of rotatable bonds is 4. The zero-order valence-electron chi connectivity index (χ0n) is 13.8. The zero-order valence-corrected chi connectivity index (χ0v) is 13.8. The van der Waals surface area contributed by atoms with Crippen molar-refractivity contribution in [3.63, 3.8) is 0 Å². The average Bonchev–Trinajstić information content (AvgIpc) is 2.55. The monoisotopic (exact) mass is 324 g/mol. The van der Waals surface area contributed by atoms with Gasteiger partial charge in [0.2, 0.25) is 5.91 Å². The number of fused-ring (bicyclic) bond motifs is 1. The van der Waals surface area contributed by atoms with Crippen molar-refractivity contribution in [1.29, 1.82) is 0 Å². The Bertz CT molecular complexity index is 773. The predicted octanol–water partition coefficient (Wildman–Crippen LogP) is 3.14. The molecule has 5 nitrogen and oxygen atoms in total. The summed E-state index contributed by atoms with van der Waals surface area (Å²) in [6, 6.07) is 15.0. The number of carbonyl (C=O) groups excluding carboxylic acids is 2. The Morgan fingerprint density at radius 3 is 2.79 bits per heavy atom. The first-order chi connectivity index (χ1) is 11.5. The summed E-state index contributed by atoms with van der Waals surface area (Å²) in [6.45, 7) is 4.01. The highest BCUT2D eigenvalue weighted by molar-refractivity contribution is 6.00. The van der Waals surface area contributed by atoms with E-state index in [0.29, 0.717) is 18.0 Å². The zero-order chi connectivity index (χ0) is 17.1. The molecule has 5 heteroatoms. The normalized spacial score (nSPS) is 16.3. The van der Waals surface area contributed by atoms with Crippen molar-refractivity contribution in [2.24, 2.45) is 0 Å². The minimum Gasteiger partial charge on any atom is -0.479 e. The van der Waals surface area contributed by atoms with Gasteiger partial charge in [0.1, 0.15) is 5.75 Å². The van der Waals surface area contributed by atoms with E-state index in [1.54, 1.807) is 11.8 Å². The van der Waals surface area contributed by atoms with E-state index >= 15 is 0 Å². The van der Waals surface area contributed by atoms with Gasteiger partial charge in [0, 0.05) is 18.7 Å². The molecule has 0 saturated heterocycles. The van der Waals surface area contributed by atoms with E-state index in [1.165, 1.54) is 0 Å². The lowest BCUT2D eigenvalue weighted by atomic mass is 10.1. The second kappa shape index (κ2) is 6.74. The minimum atomic E-state index is -0.542. The van der Waals surface area contributed by atoms with Crippen LogP contribution in [-0.4, -0.2) is 24.5 Å². The molecule has 1 aliphatic rings. The van der Waals surface area contributed by atoms with Crippen LogP contribution in [0.25, 0.3) is 0 Å². The van der Waals surface area contributed by atoms with E-state index in [1.807, 2.05) is 55.5 Å². The van der Waals surface area contributed by atoms with Crippen molar-refractivity contribution in [3.8, 4) is 5.75 Å². The van der Waals surface area contributed by atoms with E-state index in [2.05, 4.69) is 5.32 Å². The summed E-state index contributed by atoms with van der Waals surface area (Å²) in [5, 5.41) is 2.86. The van der Waals surface area contributed by atoms with Crippen LogP contribution in [0.1, 0.15) is 18.9 Å². The molecule has 24 heavy (non-hydrogen) atoms. The molecule has 0 spiro atoms. The molecule has 2 amide bonds. The number of nitrogens with zero attached hydrogens (tertiary/aromatic N) is 1. The van der Waals surface area contributed by atoms with E-state index < -0.39 is 6.10 Å². The number of hydrogen-bond donors (Lipinski definition) is 1. The van der Waals surface area contributed by atoms with Crippen LogP contribution in [0.15, 0.2) is 48.5 Å². The van der Waals surface area contributed by atoms with Crippen LogP contribution in [0.5, 0.6) is 5.75 Å². The molecule has 2 aromatic carbocycles. The maximum atomic E-state index is 12.4. The Kier molecular flexibility index (Phi) is 4.51. The predicted molar refractivity (Wildman–Crippen MR) is 93.3 cm³/mol. The summed E-state index contributed by atoms with van der Waals surface area (Å²) in [6.07, 6.45) is -0.319. The van der Waals surface area contributed by atoms with Gasteiger partial charge in [-0.2, -0.15) is 0 Å². The average molecular weight is 324 g/mol. The van der Waals surface area contributed by atoms with Gasteiger partial charge >= 0.3 is 0 Å². The number of anilines is 2. The van der Waals surface area contributed by atoms with Gasteiger partial charge in [-0.15, -0.1) is 0 Å². The van der Waals surface area contributed by atoms with Gasteiger partial charge in [-0.1, -0.05) is 24.3 Å². The summed E-state index contributed by atoms with van der Waals surface area (Å²) in [5.41, 5.74) is 2.56. The Labute approximate surface area is 141 Å². The molecule has 1 heterocycles. The maximum absolute atomic E-state index is 12.4. The van der Waals surface area contributed by atoms with Crippen LogP contribution in [0.4, 0.5) is 11.4 Å². The Morgan fingerprint density at radius 2 is 2.00 bits per heavy atom. The molecule has 0 radical (unpaired) electrons. The molecule has 0 bridgehead atoms. The van der Waals surface area contributed by atoms with Crippen LogP contribution in [0, 0.1) is 6.92 Å². The molecule has 124 valence electrons. The number of carbonyl (C=O) groups is 2. The molecule has 3 rings (SSSR count). The molecule has 1 N–H and O–H groups in total. The molecule has 0 aliphatic carbocycles. The van der Waals surface area contributed by atoms with Crippen molar-refractivity contribution < 1.29 is 14.3 Å². The topological polar surface area (TPSA) is 58.6 Å². The van der Waals surface area contributed by atoms with Gasteiger partial charge in [0.05, 0.1) is 5.69 Å². The van der Waals surface area contributed by atoms with Gasteiger partial charge < -0.3 is 15.0 Å². The van der Waals surface area contributed by atoms with Crippen molar-refractivity contribution >= 4 is 23.2 Å². The molecular formula is C19H20N2O3. The second-order valence-corrected chi connectivity index (χ2v) is 5.89. The largest absolute Gasteiger partial charge is 0.479 e. The fourth-order valence-electron chi connectivity index (χ4n) is 2.75.